The Bertz CT molecular complexity index is 2160. The van der Waals surface area contributed by atoms with E-state index in [1.807, 2.05) is 67.6 Å². The molecule has 0 saturated heterocycles. The van der Waals surface area contributed by atoms with Crippen LogP contribution >= 0.6 is 0 Å². The van der Waals surface area contributed by atoms with Crippen molar-refractivity contribution in [2.45, 2.75) is 12.8 Å². The fraction of sp³-hybridized carbons (Fsp3) is 0.0690. The molecule has 6 heterocycles. The highest BCUT2D eigenvalue weighted by Crippen LogP contribution is 2.49. The van der Waals surface area contributed by atoms with Gasteiger partial charge in [0, 0.05) is 6.20 Å². The van der Waals surface area contributed by atoms with Crippen LogP contribution < -0.4 is 10.4 Å². The van der Waals surface area contributed by atoms with Crippen LogP contribution in [0.1, 0.15) is 28.4 Å². The van der Waals surface area contributed by atoms with E-state index in [0.29, 0.717) is 67.8 Å². The highest BCUT2D eigenvalue weighted by molar-refractivity contribution is 5.87. The van der Waals surface area contributed by atoms with E-state index in [2.05, 4.69) is 15.1 Å². The van der Waals surface area contributed by atoms with E-state index in [0.717, 1.165) is 5.52 Å². The zero-order valence-corrected chi connectivity index (χ0v) is 20.4. The standard InChI is InChI=1S/C29H17N7O3/c1-15-24(33-18-10-4-3-9-17(18)32-15)21-22-25(16-8-2-5-12-20(16)38-29(22)37)39-28-23(21)27-34-26(35-36(27)14-31-28)19-11-6-7-13-30-19/h2-14,21H,1H3. The second-order valence-corrected chi connectivity index (χ2v) is 9.23. The molecule has 1 atom stereocenters. The molecule has 39 heavy (non-hydrogen) atoms. The minimum atomic E-state index is -0.723. The number of hydrogen-bond acceptors (Lipinski definition) is 9. The van der Waals surface area contributed by atoms with Gasteiger partial charge in [0.25, 0.3) is 0 Å². The minimum Gasteiger partial charge on any atom is -0.437 e. The molecule has 0 N–H and O–H groups in total. The number of rotatable bonds is 2. The van der Waals surface area contributed by atoms with Gasteiger partial charge in [-0.15, -0.1) is 5.10 Å². The molecule has 1 unspecified atom stereocenters. The molecule has 10 nitrogen and oxygen atoms in total. The van der Waals surface area contributed by atoms with Gasteiger partial charge in [-0.25, -0.2) is 29.2 Å². The summed E-state index contributed by atoms with van der Waals surface area (Å²) >= 11 is 0. The minimum absolute atomic E-state index is 0.310. The maximum Gasteiger partial charge on any atom is 0.344 e. The number of para-hydroxylation sites is 3. The lowest BCUT2D eigenvalue weighted by atomic mass is 9.86. The first kappa shape index (κ1) is 21.6. The molecule has 0 amide bonds. The monoisotopic (exact) mass is 511 g/mol. The van der Waals surface area contributed by atoms with Crippen LogP contribution in [0.15, 0.2) is 88.5 Å². The molecule has 1 aliphatic rings. The summed E-state index contributed by atoms with van der Waals surface area (Å²) in [5, 5.41) is 5.27. The molecule has 8 rings (SSSR count). The highest BCUT2D eigenvalue weighted by atomic mass is 16.5. The van der Waals surface area contributed by atoms with Crippen LogP contribution in [0.25, 0.3) is 39.2 Å². The van der Waals surface area contributed by atoms with E-state index in [-0.39, 0.29) is 0 Å². The lowest BCUT2D eigenvalue weighted by Crippen LogP contribution is -2.24. The van der Waals surface area contributed by atoms with Gasteiger partial charge in [-0.2, -0.15) is 0 Å². The number of aryl methyl sites for hydroxylation is 1. The third-order valence-corrected chi connectivity index (χ3v) is 6.91. The first-order chi connectivity index (χ1) is 19.2. The van der Waals surface area contributed by atoms with Gasteiger partial charge in [0.1, 0.15) is 17.6 Å². The summed E-state index contributed by atoms with van der Waals surface area (Å²) in [5.41, 5.74) is 4.54. The van der Waals surface area contributed by atoms with Crippen molar-refractivity contribution in [2.24, 2.45) is 0 Å². The van der Waals surface area contributed by atoms with E-state index in [9.17, 15) is 4.79 Å². The number of pyridine rings is 1. The zero-order chi connectivity index (χ0) is 26.1. The molecule has 7 aromatic rings. The molecule has 0 fully saturated rings. The highest BCUT2D eigenvalue weighted by Gasteiger charge is 2.39. The van der Waals surface area contributed by atoms with Crippen molar-refractivity contribution >= 4 is 27.6 Å². The van der Waals surface area contributed by atoms with Crippen LogP contribution in [-0.2, 0) is 0 Å². The smallest absolute Gasteiger partial charge is 0.344 e. The second-order valence-electron chi connectivity index (χ2n) is 9.23. The number of fused-ring (bicyclic) bond motifs is 7. The Morgan fingerprint density at radius 3 is 2.49 bits per heavy atom. The molecule has 186 valence electrons. The third-order valence-electron chi connectivity index (χ3n) is 6.91. The lowest BCUT2D eigenvalue weighted by Gasteiger charge is -2.27. The van der Waals surface area contributed by atoms with Gasteiger partial charge < -0.3 is 9.15 Å². The number of hydrogen-bond donors (Lipinski definition) is 0. The lowest BCUT2D eigenvalue weighted by molar-refractivity contribution is 0.421. The number of nitrogens with zero attached hydrogens (tertiary/aromatic N) is 7. The van der Waals surface area contributed by atoms with Crippen LogP contribution in [0.4, 0.5) is 0 Å². The number of ether oxygens (including phenoxy) is 1. The molecular formula is C29H17N7O3. The summed E-state index contributed by atoms with van der Waals surface area (Å²) in [6.07, 6.45) is 3.23. The Morgan fingerprint density at radius 1 is 0.846 bits per heavy atom. The maximum absolute atomic E-state index is 13.6. The van der Waals surface area contributed by atoms with Gasteiger partial charge in [-0.1, -0.05) is 30.3 Å². The van der Waals surface area contributed by atoms with E-state index in [1.54, 1.807) is 23.1 Å². The molecule has 0 spiro atoms. The Labute approximate surface area is 219 Å². The van der Waals surface area contributed by atoms with Gasteiger partial charge in [-0.3, -0.25) is 4.98 Å². The second kappa shape index (κ2) is 7.99. The predicted molar refractivity (Wildman–Crippen MR) is 142 cm³/mol. The quantitative estimate of drug-likeness (QED) is 0.300. The van der Waals surface area contributed by atoms with Crippen LogP contribution in [0.2, 0.25) is 0 Å². The first-order valence-electron chi connectivity index (χ1n) is 12.3. The van der Waals surface area contributed by atoms with E-state index in [4.69, 9.17) is 24.1 Å². The van der Waals surface area contributed by atoms with Gasteiger partial charge in [-0.05, 0) is 43.3 Å². The molecule has 5 aromatic heterocycles. The van der Waals surface area contributed by atoms with Crippen molar-refractivity contribution in [3.8, 4) is 23.1 Å². The summed E-state index contributed by atoms with van der Waals surface area (Å²) < 4.78 is 13.7. The molecule has 2 aromatic carbocycles. The Morgan fingerprint density at radius 2 is 1.64 bits per heavy atom. The van der Waals surface area contributed by atoms with Gasteiger partial charge in [0.15, 0.2) is 11.4 Å². The molecule has 1 aliphatic heterocycles. The summed E-state index contributed by atoms with van der Waals surface area (Å²) in [5.74, 6) is 0.390. The Balaban J connectivity index is 1.48. The molecule has 0 aliphatic carbocycles. The van der Waals surface area contributed by atoms with Crippen molar-refractivity contribution < 1.29 is 9.15 Å². The first-order valence-corrected chi connectivity index (χ1v) is 12.3. The number of aromatic nitrogens is 7. The summed E-state index contributed by atoms with van der Waals surface area (Å²) in [6, 6.07) is 20.4. The summed E-state index contributed by atoms with van der Waals surface area (Å²) in [7, 11) is 0. The number of benzene rings is 2. The summed E-state index contributed by atoms with van der Waals surface area (Å²) in [6.45, 7) is 1.88. The van der Waals surface area contributed by atoms with Crippen LogP contribution in [0.5, 0.6) is 11.6 Å². The van der Waals surface area contributed by atoms with Crippen molar-refractivity contribution in [1.82, 2.24) is 34.5 Å². The topological polar surface area (TPSA) is 121 Å². The average Bonchev–Trinajstić information content (AvgIpc) is 3.41. The van der Waals surface area contributed by atoms with E-state index >= 15 is 0 Å². The van der Waals surface area contributed by atoms with Gasteiger partial charge in [0.2, 0.25) is 11.7 Å². The average molecular weight is 512 g/mol. The fourth-order valence-electron chi connectivity index (χ4n) is 5.18. The van der Waals surface area contributed by atoms with Crippen LogP contribution in [-0.4, -0.2) is 34.5 Å². The summed E-state index contributed by atoms with van der Waals surface area (Å²) in [4.78, 5) is 37.2. The van der Waals surface area contributed by atoms with Crippen molar-refractivity contribution in [1.29, 1.82) is 0 Å². The molecular weight excluding hydrogens is 494 g/mol. The van der Waals surface area contributed by atoms with Crippen molar-refractivity contribution in [2.75, 3.05) is 0 Å². The molecule has 0 saturated carbocycles. The van der Waals surface area contributed by atoms with Crippen LogP contribution in [0, 0.1) is 6.92 Å². The SMILES string of the molecule is Cc1nc2ccccc2nc1C1c2c(c3ccccc3oc2=O)Oc2ncn3nc(-c4ccccn4)nc3c21. The van der Waals surface area contributed by atoms with E-state index in [1.165, 1.54) is 0 Å². The third kappa shape index (κ3) is 3.18. The van der Waals surface area contributed by atoms with Gasteiger partial charge >= 0.3 is 5.63 Å². The van der Waals surface area contributed by atoms with E-state index < -0.39 is 11.5 Å². The van der Waals surface area contributed by atoms with Crippen LogP contribution in [0.3, 0.4) is 0 Å². The van der Waals surface area contributed by atoms with Crippen molar-refractivity contribution in [3.05, 3.63) is 112 Å². The Hall–Kier alpha value is -5.51. The molecule has 10 heteroatoms. The fourth-order valence-corrected chi connectivity index (χ4v) is 5.18. The van der Waals surface area contributed by atoms with Crippen molar-refractivity contribution in [3.63, 3.8) is 0 Å². The normalized spacial score (nSPS) is 14.3. The predicted octanol–water partition coefficient (Wildman–Crippen LogP) is 4.83. The Kier molecular flexibility index (Phi) is 4.42. The molecule has 0 bridgehead atoms. The molecule has 0 radical (unpaired) electrons. The largest absolute Gasteiger partial charge is 0.437 e. The van der Waals surface area contributed by atoms with Gasteiger partial charge in [0.05, 0.1) is 44.9 Å². The maximum atomic E-state index is 13.6. The zero-order valence-electron chi connectivity index (χ0n) is 20.4.